The summed E-state index contributed by atoms with van der Waals surface area (Å²) in [5.41, 5.74) is 0.417. The third kappa shape index (κ3) is 3.39. The van der Waals surface area contributed by atoms with Crippen molar-refractivity contribution in [2.24, 2.45) is 0 Å². The van der Waals surface area contributed by atoms with Gasteiger partial charge in [0.05, 0.1) is 0 Å². The second kappa shape index (κ2) is 4.97. The van der Waals surface area contributed by atoms with E-state index in [1.807, 2.05) is 6.92 Å². The maximum atomic E-state index is 11.2. The van der Waals surface area contributed by atoms with Crippen LogP contribution in [0.15, 0.2) is 16.0 Å². The van der Waals surface area contributed by atoms with Gasteiger partial charge < -0.3 is 10.1 Å². The predicted octanol–water partition coefficient (Wildman–Crippen LogP) is 0.897. The molecular formula is C9H12N2O3S. The molecule has 82 valence electrons. The summed E-state index contributed by atoms with van der Waals surface area (Å²) in [4.78, 5) is 28.4. The number of thioether (sulfide) groups is 1. The second-order valence-electron chi connectivity index (χ2n) is 2.99. The number of carbonyl (C=O) groups is 1. The molecule has 15 heavy (non-hydrogen) atoms. The van der Waals surface area contributed by atoms with Crippen LogP contribution < -0.4 is 5.56 Å². The van der Waals surface area contributed by atoms with Gasteiger partial charge in [0.15, 0.2) is 5.16 Å². The molecule has 0 spiro atoms. The summed E-state index contributed by atoms with van der Waals surface area (Å²) >= 11 is 1.03. The number of H-pyrrole nitrogens is 1. The Labute approximate surface area is 90.9 Å². The average molecular weight is 228 g/mol. The second-order valence-corrected chi connectivity index (χ2v) is 4.32. The van der Waals surface area contributed by atoms with Crippen LogP contribution >= 0.6 is 11.8 Å². The van der Waals surface area contributed by atoms with Crippen molar-refractivity contribution in [1.29, 1.82) is 0 Å². The van der Waals surface area contributed by atoms with Crippen LogP contribution in [0.4, 0.5) is 0 Å². The molecule has 0 aromatic carbocycles. The Morgan fingerprint density at radius 2 is 2.40 bits per heavy atom. The third-order valence-corrected chi connectivity index (χ3v) is 2.74. The van der Waals surface area contributed by atoms with Crippen LogP contribution in [-0.4, -0.2) is 26.3 Å². The van der Waals surface area contributed by atoms with E-state index in [0.717, 1.165) is 11.8 Å². The molecule has 6 heteroatoms. The minimum Gasteiger partial charge on any atom is -0.480 e. The molecule has 0 fully saturated rings. The van der Waals surface area contributed by atoms with Gasteiger partial charge in [0.2, 0.25) is 0 Å². The Morgan fingerprint density at radius 1 is 1.73 bits per heavy atom. The highest BCUT2D eigenvalue weighted by Gasteiger charge is 2.14. The van der Waals surface area contributed by atoms with Gasteiger partial charge in [0.25, 0.3) is 5.56 Å². The quantitative estimate of drug-likeness (QED) is 0.591. The number of aryl methyl sites for hydroxylation is 1. The zero-order chi connectivity index (χ0) is 11.4. The smallest absolute Gasteiger partial charge is 0.316 e. The lowest BCUT2D eigenvalue weighted by atomic mass is 10.3. The van der Waals surface area contributed by atoms with Gasteiger partial charge >= 0.3 is 5.97 Å². The number of nitrogens with one attached hydrogen (secondary N) is 1. The lowest BCUT2D eigenvalue weighted by Gasteiger charge is -2.05. The maximum Gasteiger partial charge on any atom is 0.316 e. The van der Waals surface area contributed by atoms with Crippen molar-refractivity contribution in [2.75, 3.05) is 0 Å². The van der Waals surface area contributed by atoms with Crippen molar-refractivity contribution in [1.82, 2.24) is 9.97 Å². The van der Waals surface area contributed by atoms with Gasteiger partial charge in [-0.3, -0.25) is 9.59 Å². The van der Waals surface area contributed by atoms with Gasteiger partial charge in [-0.15, -0.1) is 0 Å². The van der Waals surface area contributed by atoms with Crippen molar-refractivity contribution in [3.63, 3.8) is 0 Å². The minimum absolute atomic E-state index is 0.248. The maximum absolute atomic E-state index is 11.2. The summed E-state index contributed by atoms with van der Waals surface area (Å²) in [7, 11) is 0. The van der Waals surface area contributed by atoms with Crippen molar-refractivity contribution < 1.29 is 9.90 Å². The predicted molar refractivity (Wildman–Crippen MR) is 57.2 cm³/mol. The molecule has 0 aliphatic rings. The van der Waals surface area contributed by atoms with Gasteiger partial charge in [-0.1, -0.05) is 18.7 Å². The number of hydrogen-bond donors (Lipinski definition) is 2. The van der Waals surface area contributed by atoms with Crippen molar-refractivity contribution >= 4 is 17.7 Å². The summed E-state index contributed by atoms with van der Waals surface area (Å²) in [6, 6.07) is 1.41. The van der Waals surface area contributed by atoms with Crippen LogP contribution in [0.5, 0.6) is 0 Å². The highest BCUT2D eigenvalue weighted by atomic mass is 32.2. The first kappa shape index (κ1) is 11.8. The summed E-state index contributed by atoms with van der Waals surface area (Å²) in [6.07, 6.45) is 0.652. The van der Waals surface area contributed by atoms with E-state index in [0.29, 0.717) is 17.3 Å². The van der Waals surface area contributed by atoms with Crippen molar-refractivity contribution in [3.8, 4) is 0 Å². The summed E-state index contributed by atoms with van der Waals surface area (Å²) in [6.45, 7) is 3.43. The molecule has 0 unspecified atom stereocenters. The SMILES string of the molecule is CCc1cc(=O)[nH]c(S[C@@H](C)C(=O)O)n1. The number of aromatic nitrogens is 2. The summed E-state index contributed by atoms with van der Waals surface area (Å²) in [5.74, 6) is -0.926. The Bertz CT molecular complexity index is 416. The number of carboxylic acid groups (broad SMARTS) is 1. The standard InChI is InChI=1S/C9H12N2O3S/c1-3-6-4-7(12)11-9(10-6)15-5(2)8(13)14/h4-5H,3H2,1-2H3,(H,13,14)(H,10,11,12)/t5-/m0/s1. The number of aliphatic carboxylic acids is 1. The van der Waals surface area contributed by atoms with E-state index in [-0.39, 0.29) is 5.56 Å². The number of rotatable bonds is 4. The summed E-state index contributed by atoms with van der Waals surface area (Å²) in [5, 5.41) is 8.43. The van der Waals surface area contributed by atoms with E-state index in [9.17, 15) is 9.59 Å². The first-order valence-electron chi connectivity index (χ1n) is 4.52. The number of hydrogen-bond acceptors (Lipinski definition) is 4. The highest BCUT2D eigenvalue weighted by Crippen LogP contribution is 2.18. The minimum atomic E-state index is -0.926. The lowest BCUT2D eigenvalue weighted by Crippen LogP contribution is -2.15. The molecule has 0 radical (unpaired) electrons. The van der Waals surface area contributed by atoms with Crippen LogP contribution in [-0.2, 0) is 11.2 Å². The Morgan fingerprint density at radius 3 is 2.93 bits per heavy atom. The fourth-order valence-corrected chi connectivity index (χ4v) is 1.70. The van der Waals surface area contributed by atoms with E-state index in [2.05, 4.69) is 9.97 Å². The van der Waals surface area contributed by atoms with E-state index < -0.39 is 11.2 Å². The molecule has 0 bridgehead atoms. The lowest BCUT2D eigenvalue weighted by molar-refractivity contribution is -0.136. The van der Waals surface area contributed by atoms with Gasteiger partial charge in [0.1, 0.15) is 5.25 Å². The zero-order valence-corrected chi connectivity index (χ0v) is 9.30. The first-order chi connectivity index (χ1) is 7.02. The van der Waals surface area contributed by atoms with Gasteiger partial charge in [-0.05, 0) is 13.3 Å². The fourth-order valence-electron chi connectivity index (χ4n) is 0.938. The molecule has 2 N–H and O–H groups in total. The van der Waals surface area contributed by atoms with Crippen LogP contribution in [0.25, 0.3) is 0 Å². The van der Waals surface area contributed by atoms with Gasteiger partial charge in [-0.2, -0.15) is 0 Å². The Balaban J connectivity index is 2.90. The number of carboxylic acids is 1. The third-order valence-electron chi connectivity index (χ3n) is 1.77. The van der Waals surface area contributed by atoms with Crippen LogP contribution in [0.1, 0.15) is 19.5 Å². The van der Waals surface area contributed by atoms with Crippen molar-refractivity contribution in [2.45, 2.75) is 30.7 Å². The Hall–Kier alpha value is -1.30. The first-order valence-corrected chi connectivity index (χ1v) is 5.40. The highest BCUT2D eigenvalue weighted by molar-refractivity contribution is 8.00. The van der Waals surface area contributed by atoms with Crippen molar-refractivity contribution in [3.05, 3.63) is 22.1 Å². The fraction of sp³-hybridized carbons (Fsp3) is 0.444. The van der Waals surface area contributed by atoms with Gasteiger partial charge in [0, 0.05) is 11.8 Å². The molecule has 0 saturated heterocycles. The van der Waals surface area contributed by atoms with Gasteiger partial charge in [-0.25, -0.2) is 4.98 Å². The molecule has 0 aliphatic carbocycles. The monoisotopic (exact) mass is 228 g/mol. The number of nitrogens with zero attached hydrogens (tertiary/aromatic N) is 1. The topological polar surface area (TPSA) is 83.0 Å². The molecule has 1 heterocycles. The molecule has 0 amide bonds. The number of aromatic amines is 1. The zero-order valence-electron chi connectivity index (χ0n) is 8.48. The van der Waals surface area contributed by atoms with Crippen LogP contribution in [0.2, 0.25) is 0 Å². The normalized spacial score (nSPS) is 12.4. The van der Waals surface area contributed by atoms with Crippen LogP contribution in [0, 0.1) is 0 Å². The molecule has 0 aliphatic heterocycles. The van der Waals surface area contributed by atoms with E-state index in [1.165, 1.54) is 6.07 Å². The van der Waals surface area contributed by atoms with E-state index >= 15 is 0 Å². The van der Waals surface area contributed by atoms with Crippen LogP contribution in [0.3, 0.4) is 0 Å². The molecule has 1 aromatic heterocycles. The molecule has 0 saturated carbocycles. The van der Waals surface area contributed by atoms with E-state index in [4.69, 9.17) is 5.11 Å². The van der Waals surface area contributed by atoms with E-state index in [1.54, 1.807) is 6.92 Å². The molecular weight excluding hydrogens is 216 g/mol. The molecule has 5 nitrogen and oxygen atoms in total. The molecule has 1 aromatic rings. The summed E-state index contributed by atoms with van der Waals surface area (Å²) < 4.78 is 0. The molecule has 1 rings (SSSR count). The largest absolute Gasteiger partial charge is 0.480 e. The average Bonchev–Trinajstić information content (AvgIpc) is 2.16. The Kier molecular flexibility index (Phi) is 3.90. The molecule has 1 atom stereocenters.